The van der Waals surface area contributed by atoms with Gasteiger partial charge in [-0.1, -0.05) is 56.0 Å². The Labute approximate surface area is 262 Å². The zero-order chi connectivity index (χ0) is 30.8. The Balaban J connectivity index is 1.13. The largest absolute Gasteiger partial charge is 0.268 e. The predicted octanol–water partition coefficient (Wildman–Crippen LogP) is 8.69. The summed E-state index contributed by atoms with van der Waals surface area (Å²) in [5.74, 6) is -0.702. The Morgan fingerprint density at radius 2 is 0.956 bits per heavy atom. The molecule has 4 aliphatic rings. The van der Waals surface area contributed by atoms with Crippen LogP contribution < -0.4 is 9.80 Å². The SMILES string of the molecule is CC(=CC1CCCC1)c1ccc(N2C(=O)c3ccc4c5c(ccc(c35)C2=O)C(=O)N(c2ccc(C3CCCC3)cc2)C4=O)cc1. The van der Waals surface area contributed by atoms with Crippen LogP contribution in [-0.2, 0) is 0 Å². The van der Waals surface area contributed by atoms with Crippen LogP contribution in [0.1, 0.15) is 117 Å². The van der Waals surface area contributed by atoms with Gasteiger partial charge >= 0.3 is 0 Å². The van der Waals surface area contributed by atoms with Crippen LogP contribution in [0.5, 0.6) is 0 Å². The molecule has 8 rings (SSSR count). The number of hydrogen-bond acceptors (Lipinski definition) is 4. The Hall–Kier alpha value is -4.84. The van der Waals surface area contributed by atoms with Crippen LogP contribution in [0.4, 0.5) is 11.4 Å². The zero-order valence-corrected chi connectivity index (χ0v) is 25.3. The van der Waals surface area contributed by atoms with Gasteiger partial charge in [0.2, 0.25) is 0 Å². The van der Waals surface area contributed by atoms with Crippen molar-refractivity contribution < 1.29 is 19.2 Å². The molecule has 0 unspecified atom stereocenters. The summed E-state index contributed by atoms with van der Waals surface area (Å²) in [7, 11) is 0. The summed E-state index contributed by atoms with van der Waals surface area (Å²) in [5, 5.41) is 0.754. The van der Waals surface area contributed by atoms with E-state index in [0.717, 1.165) is 5.56 Å². The molecule has 0 N–H and O–H groups in total. The number of amides is 4. The second-order valence-corrected chi connectivity index (χ2v) is 13.0. The summed E-state index contributed by atoms with van der Waals surface area (Å²) in [6, 6.07) is 21.7. The topological polar surface area (TPSA) is 74.8 Å². The minimum atomic E-state index is -0.466. The second-order valence-electron chi connectivity index (χ2n) is 13.0. The van der Waals surface area contributed by atoms with E-state index in [0.29, 0.717) is 56.2 Å². The maximum Gasteiger partial charge on any atom is 0.265 e. The van der Waals surface area contributed by atoms with Crippen molar-refractivity contribution in [2.75, 3.05) is 9.80 Å². The van der Waals surface area contributed by atoms with E-state index in [4.69, 9.17) is 0 Å². The lowest BCUT2D eigenvalue weighted by Gasteiger charge is -2.32. The molecule has 0 spiro atoms. The van der Waals surface area contributed by atoms with Gasteiger partial charge in [-0.2, -0.15) is 0 Å². The third-order valence-electron chi connectivity index (χ3n) is 10.3. The Kier molecular flexibility index (Phi) is 6.56. The lowest BCUT2D eigenvalue weighted by molar-refractivity contribution is 0.0873. The van der Waals surface area contributed by atoms with E-state index in [1.165, 1.54) is 72.3 Å². The molecule has 0 saturated heterocycles. The smallest absolute Gasteiger partial charge is 0.265 e. The van der Waals surface area contributed by atoms with Crippen molar-refractivity contribution in [1.82, 2.24) is 0 Å². The van der Waals surface area contributed by atoms with E-state index in [9.17, 15) is 19.2 Å². The average molecular weight is 595 g/mol. The Bertz CT molecular complexity index is 1870. The van der Waals surface area contributed by atoms with Crippen molar-refractivity contribution in [1.29, 1.82) is 0 Å². The molecular weight excluding hydrogens is 560 g/mol. The zero-order valence-electron chi connectivity index (χ0n) is 25.3. The monoisotopic (exact) mass is 594 g/mol. The van der Waals surface area contributed by atoms with E-state index in [1.807, 2.05) is 48.5 Å². The molecule has 45 heavy (non-hydrogen) atoms. The molecule has 0 atom stereocenters. The summed E-state index contributed by atoms with van der Waals surface area (Å²) in [5.41, 5.74) is 5.74. The molecule has 2 fully saturated rings. The molecule has 0 aromatic heterocycles. The van der Waals surface area contributed by atoms with Crippen LogP contribution in [0.3, 0.4) is 0 Å². The highest BCUT2D eigenvalue weighted by Gasteiger charge is 2.40. The molecule has 224 valence electrons. The molecule has 0 radical (unpaired) electrons. The summed E-state index contributed by atoms with van der Waals surface area (Å²) in [6.07, 6.45) is 12.1. The van der Waals surface area contributed by atoms with E-state index in [-0.39, 0.29) is 0 Å². The van der Waals surface area contributed by atoms with Crippen molar-refractivity contribution in [3.05, 3.63) is 112 Å². The van der Waals surface area contributed by atoms with Gasteiger partial charge in [-0.05, 0) is 110 Å². The highest BCUT2D eigenvalue weighted by Crippen LogP contribution is 2.41. The number of benzene rings is 4. The second kappa shape index (κ2) is 10.7. The molecule has 2 heterocycles. The number of nitrogens with zero attached hydrogens (tertiary/aromatic N) is 2. The molecule has 2 aliphatic heterocycles. The van der Waals surface area contributed by atoms with Gasteiger partial charge in [0.1, 0.15) is 0 Å². The van der Waals surface area contributed by atoms with Crippen LogP contribution >= 0.6 is 0 Å². The first-order valence-electron chi connectivity index (χ1n) is 16.2. The van der Waals surface area contributed by atoms with Gasteiger partial charge in [0.15, 0.2) is 0 Å². The molecule has 2 saturated carbocycles. The number of carbonyl (C=O) groups excluding carboxylic acids is 4. The first-order chi connectivity index (χ1) is 21.9. The van der Waals surface area contributed by atoms with E-state index >= 15 is 0 Å². The van der Waals surface area contributed by atoms with Crippen LogP contribution in [0.2, 0.25) is 0 Å². The van der Waals surface area contributed by atoms with Gasteiger partial charge in [0.25, 0.3) is 23.6 Å². The van der Waals surface area contributed by atoms with Gasteiger partial charge in [-0.15, -0.1) is 0 Å². The standard InChI is InChI=1S/C39H34N2O4/c1-23(22-24-6-2-3-7-24)25-10-14-28(15-11-25)40-36(42)30-18-20-32-35-33(21-19-31(34(30)35)37(40)43)39(45)41(38(32)44)29-16-12-27(13-17-29)26-8-4-5-9-26/h10-22,24,26H,2-9H2,1H3. The molecule has 4 aromatic carbocycles. The highest BCUT2D eigenvalue weighted by atomic mass is 16.2. The summed E-state index contributed by atoms with van der Waals surface area (Å²) < 4.78 is 0. The number of carbonyl (C=O) groups is 4. The van der Waals surface area contributed by atoms with Gasteiger partial charge < -0.3 is 0 Å². The van der Waals surface area contributed by atoms with Gasteiger partial charge in [0.05, 0.1) is 11.4 Å². The summed E-state index contributed by atoms with van der Waals surface area (Å²) in [6.45, 7) is 2.11. The average Bonchev–Trinajstić information content (AvgIpc) is 3.79. The molecule has 4 amide bonds. The van der Waals surface area contributed by atoms with Crippen LogP contribution in [0.25, 0.3) is 16.3 Å². The molecule has 6 nitrogen and oxygen atoms in total. The third kappa shape index (κ3) is 4.38. The van der Waals surface area contributed by atoms with E-state index in [1.54, 1.807) is 24.3 Å². The molecule has 6 heteroatoms. The fraction of sp³-hybridized carbons (Fsp3) is 0.282. The Morgan fingerprint density at radius 1 is 0.556 bits per heavy atom. The number of imide groups is 2. The lowest BCUT2D eigenvalue weighted by Crippen LogP contribution is -2.43. The number of allylic oxidation sites excluding steroid dienone is 2. The number of rotatable bonds is 5. The van der Waals surface area contributed by atoms with E-state index in [2.05, 4.69) is 13.0 Å². The van der Waals surface area contributed by atoms with Crippen molar-refractivity contribution >= 4 is 51.3 Å². The van der Waals surface area contributed by atoms with Crippen molar-refractivity contribution in [3.8, 4) is 0 Å². The number of anilines is 2. The molecular formula is C39H34N2O4. The molecule has 0 bridgehead atoms. The Morgan fingerprint density at radius 3 is 1.40 bits per heavy atom. The van der Waals surface area contributed by atoms with Gasteiger partial charge in [0, 0.05) is 33.0 Å². The first-order valence-corrected chi connectivity index (χ1v) is 16.2. The highest BCUT2D eigenvalue weighted by molar-refractivity contribution is 6.42. The maximum atomic E-state index is 13.9. The summed E-state index contributed by atoms with van der Waals surface area (Å²) in [4.78, 5) is 57.9. The van der Waals surface area contributed by atoms with Crippen molar-refractivity contribution in [2.45, 2.75) is 64.2 Å². The quantitative estimate of drug-likeness (QED) is 0.217. The van der Waals surface area contributed by atoms with Crippen molar-refractivity contribution in [2.24, 2.45) is 5.92 Å². The fourth-order valence-corrected chi connectivity index (χ4v) is 7.95. The minimum absolute atomic E-state index is 0.307. The summed E-state index contributed by atoms with van der Waals surface area (Å²) >= 11 is 0. The fourth-order valence-electron chi connectivity index (χ4n) is 7.95. The van der Waals surface area contributed by atoms with Crippen LogP contribution in [0, 0.1) is 5.92 Å². The maximum absolute atomic E-state index is 13.9. The molecule has 2 aliphatic carbocycles. The van der Waals surface area contributed by atoms with Crippen LogP contribution in [-0.4, -0.2) is 23.6 Å². The number of hydrogen-bond donors (Lipinski definition) is 0. The normalized spacial score (nSPS) is 19.0. The van der Waals surface area contributed by atoms with Gasteiger partial charge in [-0.25, -0.2) is 9.80 Å². The minimum Gasteiger partial charge on any atom is -0.268 e. The van der Waals surface area contributed by atoms with Gasteiger partial charge in [-0.3, -0.25) is 19.2 Å². The van der Waals surface area contributed by atoms with E-state index < -0.39 is 23.6 Å². The molecule has 4 aromatic rings. The van der Waals surface area contributed by atoms with Crippen molar-refractivity contribution in [3.63, 3.8) is 0 Å². The predicted molar refractivity (Wildman–Crippen MR) is 176 cm³/mol. The van der Waals surface area contributed by atoms with Crippen LogP contribution in [0.15, 0.2) is 78.9 Å². The lowest BCUT2D eigenvalue weighted by atomic mass is 9.85. The first kappa shape index (κ1) is 27.7. The third-order valence-corrected chi connectivity index (χ3v) is 10.3.